The zero-order chi connectivity index (χ0) is 13.1. The van der Waals surface area contributed by atoms with Gasteiger partial charge in [0.15, 0.2) is 6.29 Å². The van der Waals surface area contributed by atoms with E-state index in [0.717, 1.165) is 0 Å². The van der Waals surface area contributed by atoms with Crippen molar-refractivity contribution in [2.24, 2.45) is 5.41 Å². The molecule has 1 aromatic rings. The fourth-order valence-electron chi connectivity index (χ4n) is 1.36. The van der Waals surface area contributed by atoms with Crippen LogP contribution in [-0.4, -0.2) is 22.3 Å². The van der Waals surface area contributed by atoms with Gasteiger partial charge in [0.05, 0.1) is 5.69 Å². The lowest BCUT2D eigenvalue weighted by molar-refractivity contribution is -0.133. The van der Waals surface area contributed by atoms with E-state index in [2.05, 4.69) is 4.98 Å². The van der Waals surface area contributed by atoms with Gasteiger partial charge < -0.3 is 5.11 Å². The molecule has 4 heteroatoms. The second-order valence-electron chi connectivity index (χ2n) is 4.72. The van der Waals surface area contributed by atoms with Gasteiger partial charge in [-0.05, 0) is 23.6 Å². The lowest BCUT2D eigenvalue weighted by Gasteiger charge is -2.19. The molecule has 0 atom stereocenters. The van der Waals surface area contributed by atoms with Crippen molar-refractivity contribution in [1.29, 1.82) is 0 Å². The van der Waals surface area contributed by atoms with Gasteiger partial charge in [0.25, 0.3) is 0 Å². The molecular weight excluding hydrogens is 218 g/mol. The maximum absolute atomic E-state index is 11.1. The van der Waals surface area contributed by atoms with Crippen molar-refractivity contribution in [3.05, 3.63) is 35.2 Å². The molecule has 17 heavy (non-hydrogen) atoms. The fourth-order valence-corrected chi connectivity index (χ4v) is 1.36. The van der Waals surface area contributed by atoms with Crippen molar-refractivity contribution in [2.45, 2.75) is 20.8 Å². The molecule has 4 nitrogen and oxygen atoms in total. The van der Waals surface area contributed by atoms with E-state index >= 15 is 0 Å². The Morgan fingerprint density at radius 2 is 1.88 bits per heavy atom. The smallest absolute Gasteiger partial charge is 0.332 e. The Morgan fingerprint density at radius 3 is 2.35 bits per heavy atom. The van der Waals surface area contributed by atoms with Crippen LogP contribution < -0.4 is 0 Å². The first kappa shape index (κ1) is 13.1. The largest absolute Gasteiger partial charge is 0.478 e. The van der Waals surface area contributed by atoms with Gasteiger partial charge in [-0.1, -0.05) is 26.8 Å². The monoisotopic (exact) mass is 233 g/mol. The number of aliphatic carboxylic acids is 1. The third-order valence-electron chi connectivity index (χ3n) is 2.24. The number of nitrogens with zero attached hydrogens (tertiary/aromatic N) is 1. The quantitative estimate of drug-likeness (QED) is 0.643. The van der Waals surface area contributed by atoms with E-state index in [9.17, 15) is 9.59 Å². The van der Waals surface area contributed by atoms with Crippen LogP contribution >= 0.6 is 0 Å². The minimum absolute atomic E-state index is 0.257. The molecule has 1 N–H and O–H groups in total. The lowest BCUT2D eigenvalue weighted by atomic mass is 9.86. The van der Waals surface area contributed by atoms with Gasteiger partial charge in [0.1, 0.15) is 5.69 Å². The molecule has 0 aliphatic rings. The van der Waals surface area contributed by atoms with Crippen molar-refractivity contribution >= 4 is 18.3 Å². The molecule has 0 saturated heterocycles. The average Bonchev–Trinajstić information content (AvgIpc) is 2.24. The van der Waals surface area contributed by atoms with Crippen LogP contribution in [0, 0.1) is 5.41 Å². The number of carbonyl (C=O) groups is 2. The Balaban J connectivity index is 3.22. The Kier molecular flexibility index (Phi) is 3.78. The third-order valence-corrected chi connectivity index (χ3v) is 2.24. The van der Waals surface area contributed by atoms with Crippen LogP contribution in [0.15, 0.2) is 23.8 Å². The van der Waals surface area contributed by atoms with E-state index in [1.54, 1.807) is 18.2 Å². The molecule has 0 aliphatic carbocycles. The Morgan fingerprint density at radius 1 is 1.29 bits per heavy atom. The molecule has 0 aliphatic heterocycles. The second kappa shape index (κ2) is 4.91. The van der Waals surface area contributed by atoms with Crippen LogP contribution in [0.2, 0.25) is 0 Å². The van der Waals surface area contributed by atoms with Crippen molar-refractivity contribution in [3.63, 3.8) is 0 Å². The number of carboxylic acids is 1. The third kappa shape index (κ3) is 3.52. The molecule has 1 rings (SSSR count). The summed E-state index contributed by atoms with van der Waals surface area (Å²) < 4.78 is 0. The molecule has 0 fully saturated rings. The van der Waals surface area contributed by atoms with Gasteiger partial charge in [-0.2, -0.15) is 0 Å². The highest BCUT2D eigenvalue weighted by Gasteiger charge is 2.23. The highest BCUT2D eigenvalue weighted by molar-refractivity contribution is 5.93. The van der Waals surface area contributed by atoms with Crippen molar-refractivity contribution < 1.29 is 14.7 Å². The Hall–Kier alpha value is -1.97. The number of rotatable bonds is 3. The number of carboxylic acid groups (broad SMARTS) is 1. The molecule has 0 unspecified atom stereocenters. The van der Waals surface area contributed by atoms with Gasteiger partial charge in [-0.3, -0.25) is 4.79 Å². The molecular formula is C13H15NO3. The average molecular weight is 233 g/mol. The van der Waals surface area contributed by atoms with Gasteiger partial charge in [-0.15, -0.1) is 0 Å². The normalized spacial score (nSPS) is 12.3. The predicted octanol–water partition coefficient (Wildman–Crippen LogP) is 2.41. The van der Waals surface area contributed by atoms with E-state index in [1.165, 1.54) is 6.08 Å². The summed E-state index contributed by atoms with van der Waals surface area (Å²) in [5, 5.41) is 9.13. The summed E-state index contributed by atoms with van der Waals surface area (Å²) in [7, 11) is 0. The van der Waals surface area contributed by atoms with E-state index in [0.29, 0.717) is 12.0 Å². The molecule has 0 spiro atoms. The van der Waals surface area contributed by atoms with E-state index in [-0.39, 0.29) is 11.3 Å². The molecule has 1 aromatic heterocycles. The fraction of sp³-hybridized carbons (Fsp3) is 0.308. The van der Waals surface area contributed by atoms with Gasteiger partial charge in [-0.25, -0.2) is 9.78 Å². The van der Waals surface area contributed by atoms with Gasteiger partial charge >= 0.3 is 5.97 Å². The Bertz CT molecular complexity index is 470. The molecule has 0 amide bonds. The molecule has 0 aromatic carbocycles. The van der Waals surface area contributed by atoms with E-state index in [4.69, 9.17) is 5.11 Å². The zero-order valence-corrected chi connectivity index (χ0v) is 10.1. The van der Waals surface area contributed by atoms with Crippen LogP contribution in [0.4, 0.5) is 0 Å². The standard InChI is InChI=1S/C13H15NO3/c1-13(2,3)11(12(16)17)7-9-5-4-6-10(8-15)14-9/h4-8H,1-3H3,(H,16,17). The molecule has 90 valence electrons. The minimum Gasteiger partial charge on any atom is -0.478 e. The van der Waals surface area contributed by atoms with Crippen LogP contribution in [-0.2, 0) is 4.79 Å². The van der Waals surface area contributed by atoms with E-state index < -0.39 is 11.4 Å². The van der Waals surface area contributed by atoms with Crippen LogP contribution in [0.1, 0.15) is 37.0 Å². The van der Waals surface area contributed by atoms with Crippen molar-refractivity contribution in [1.82, 2.24) is 4.98 Å². The summed E-state index contributed by atoms with van der Waals surface area (Å²) in [5.74, 6) is -0.976. The number of carbonyl (C=O) groups excluding carboxylic acids is 1. The predicted molar refractivity (Wildman–Crippen MR) is 64.7 cm³/mol. The highest BCUT2D eigenvalue weighted by Crippen LogP contribution is 2.26. The number of aromatic nitrogens is 1. The molecule has 0 bridgehead atoms. The summed E-state index contributed by atoms with van der Waals surface area (Å²) in [6.07, 6.45) is 2.13. The van der Waals surface area contributed by atoms with Crippen LogP contribution in [0.25, 0.3) is 6.08 Å². The maximum atomic E-state index is 11.1. The topological polar surface area (TPSA) is 67.3 Å². The molecule has 1 heterocycles. The van der Waals surface area contributed by atoms with Gasteiger partial charge in [0.2, 0.25) is 0 Å². The first-order valence-corrected chi connectivity index (χ1v) is 5.22. The van der Waals surface area contributed by atoms with Crippen molar-refractivity contribution in [2.75, 3.05) is 0 Å². The first-order valence-electron chi connectivity index (χ1n) is 5.22. The van der Waals surface area contributed by atoms with Gasteiger partial charge in [0, 0.05) is 5.57 Å². The summed E-state index contributed by atoms with van der Waals surface area (Å²) >= 11 is 0. The van der Waals surface area contributed by atoms with E-state index in [1.807, 2.05) is 20.8 Å². The summed E-state index contributed by atoms with van der Waals surface area (Å²) in [5.41, 5.74) is 0.539. The maximum Gasteiger partial charge on any atom is 0.332 e. The number of hydrogen-bond acceptors (Lipinski definition) is 3. The lowest BCUT2D eigenvalue weighted by Crippen LogP contribution is -2.17. The van der Waals surface area contributed by atoms with Crippen molar-refractivity contribution in [3.8, 4) is 0 Å². The minimum atomic E-state index is -0.976. The summed E-state index contributed by atoms with van der Waals surface area (Å²) in [6, 6.07) is 4.91. The zero-order valence-electron chi connectivity index (χ0n) is 10.1. The molecule has 0 radical (unpaired) electrons. The number of pyridine rings is 1. The van der Waals surface area contributed by atoms with Crippen LogP contribution in [0.5, 0.6) is 0 Å². The Labute approximate surface area is 100.0 Å². The SMILES string of the molecule is CC(C)(C)C(=Cc1cccc(C=O)n1)C(=O)O. The van der Waals surface area contributed by atoms with Crippen LogP contribution in [0.3, 0.4) is 0 Å². The molecule has 0 saturated carbocycles. The highest BCUT2D eigenvalue weighted by atomic mass is 16.4. The summed E-state index contributed by atoms with van der Waals surface area (Å²) in [6.45, 7) is 5.45. The summed E-state index contributed by atoms with van der Waals surface area (Å²) in [4.78, 5) is 25.7. The number of hydrogen-bond donors (Lipinski definition) is 1. The first-order chi connectivity index (χ1) is 7.84. The second-order valence-corrected chi connectivity index (χ2v) is 4.72. The number of aldehydes is 1.